The third-order valence-electron chi connectivity index (χ3n) is 5.24. The Morgan fingerprint density at radius 2 is 1.33 bits per heavy atom. The molecule has 0 saturated carbocycles. The number of nitrogens with two attached hydrogens (primary N) is 2. The fraction of sp³-hybridized carbons (Fsp3) is 0.727. The molecule has 0 saturated heterocycles. The van der Waals surface area contributed by atoms with Gasteiger partial charge in [0.2, 0.25) is 23.6 Å². The van der Waals surface area contributed by atoms with Crippen molar-refractivity contribution in [3.05, 3.63) is 0 Å². The van der Waals surface area contributed by atoms with Crippen LogP contribution in [0.4, 0.5) is 0 Å². The highest BCUT2D eigenvalue weighted by Crippen LogP contribution is 2.08. The average molecular weight is 517 g/mol. The summed E-state index contributed by atoms with van der Waals surface area (Å²) in [6, 6.07) is -3.29. The van der Waals surface area contributed by atoms with E-state index >= 15 is 0 Å². The zero-order chi connectivity index (χ0) is 27.7. The molecule has 0 rings (SSSR count). The topological polar surface area (TPSA) is 234 Å². The van der Waals surface area contributed by atoms with Crippen LogP contribution in [0.3, 0.4) is 0 Å². The van der Waals surface area contributed by atoms with E-state index in [9.17, 15) is 33.9 Å². The lowest BCUT2D eigenvalue weighted by Crippen LogP contribution is -2.55. The summed E-state index contributed by atoms with van der Waals surface area (Å²) in [6.45, 7) is 1.58. The number of unbranched alkanes of at least 4 members (excludes halogenated alkanes) is 2. The molecule has 14 nitrogen and oxygen atoms in total. The average Bonchev–Trinajstić information content (AvgIpc) is 2.79. The van der Waals surface area contributed by atoms with Crippen molar-refractivity contribution in [1.29, 1.82) is 0 Å². The highest BCUT2D eigenvalue weighted by Gasteiger charge is 2.29. The Kier molecular flexibility index (Phi) is 16.4. The number of carbonyl (C=O) groups excluding carboxylic acids is 4. The van der Waals surface area contributed by atoms with Crippen LogP contribution in [0.1, 0.15) is 58.3 Å². The Labute approximate surface area is 210 Å². The van der Waals surface area contributed by atoms with Gasteiger partial charge in [-0.3, -0.25) is 24.0 Å². The number of nitrogens with one attached hydrogen (secondary N) is 3. The van der Waals surface area contributed by atoms with Crippen molar-refractivity contribution in [2.24, 2.45) is 11.5 Å². The Hall–Kier alpha value is -3.26. The van der Waals surface area contributed by atoms with Crippen molar-refractivity contribution in [3.8, 4) is 0 Å². The normalized spacial score (nSPS) is 13.1. The smallest absolute Gasteiger partial charge is 0.326 e. The highest BCUT2D eigenvalue weighted by molar-refractivity contribution is 5.93. The van der Waals surface area contributed by atoms with Crippen molar-refractivity contribution in [2.45, 2.75) is 76.4 Å². The van der Waals surface area contributed by atoms with E-state index in [0.29, 0.717) is 45.2 Å². The van der Waals surface area contributed by atoms with Gasteiger partial charge in [-0.1, -0.05) is 0 Å². The second-order valence-electron chi connectivity index (χ2n) is 8.47. The molecule has 206 valence electrons. The zero-order valence-corrected chi connectivity index (χ0v) is 21.0. The Balaban J connectivity index is 5.32. The number of hydrogen-bond acceptors (Lipinski definition) is 8. The number of carbonyl (C=O) groups is 6. The van der Waals surface area contributed by atoms with Gasteiger partial charge in [-0.25, -0.2) is 4.79 Å². The second kappa shape index (κ2) is 18.1. The molecule has 9 N–H and O–H groups in total. The van der Waals surface area contributed by atoms with Crippen molar-refractivity contribution in [2.75, 3.05) is 26.7 Å². The molecule has 0 aromatic carbocycles. The Morgan fingerprint density at radius 1 is 0.778 bits per heavy atom. The maximum atomic E-state index is 13.1. The molecular formula is C22H40N6O8. The van der Waals surface area contributed by atoms with Gasteiger partial charge in [0, 0.05) is 20.4 Å². The van der Waals surface area contributed by atoms with Crippen LogP contribution in [0, 0.1) is 0 Å². The van der Waals surface area contributed by atoms with Gasteiger partial charge >= 0.3 is 11.9 Å². The third-order valence-corrected chi connectivity index (χ3v) is 5.24. The number of nitrogens with zero attached hydrogens (tertiary/aromatic N) is 1. The van der Waals surface area contributed by atoms with Crippen molar-refractivity contribution in [3.63, 3.8) is 0 Å². The van der Waals surface area contributed by atoms with E-state index in [1.165, 1.54) is 14.0 Å². The van der Waals surface area contributed by atoms with E-state index in [2.05, 4.69) is 16.0 Å². The van der Waals surface area contributed by atoms with Crippen LogP contribution in [-0.2, 0) is 28.8 Å². The molecule has 0 aromatic rings. The van der Waals surface area contributed by atoms with E-state index in [1.54, 1.807) is 0 Å². The van der Waals surface area contributed by atoms with Gasteiger partial charge in [0.25, 0.3) is 0 Å². The molecule has 0 heterocycles. The van der Waals surface area contributed by atoms with E-state index in [4.69, 9.17) is 16.6 Å². The third kappa shape index (κ3) is 14.2. The van der Waals surface area contributed by atoms with Crippen LogP contribution in [-0.4, -0.2) is 95.5 Å². The van der Waals surface area contributed by atoms with E-state index in [1.807, 2.05) is 0 Å². The molecule has 36 heavy (non-hydrogen) atoms. The number of carboxylic acid groups (broad SMARTS) is 2. The first kappa shape index (κ1) is 32.7. The summed E-state index contributed by atoms with van der Waals surface area (Å²) in [7, 11) is 1.32. The number of hydrogen-bond donors (Lipinski definition) is 7. The molecule has 3 atom stereocenters. The molecule has 14 heteroatoms. The molecule has 0 bridgehead atoms. The van der Waals surface area contributed by atoms with Gasteiger partial charge in [-0.05, 0) is 58.0 Å². The number of aliphatic carboxylic acids is 2. The molecule has 0 aliphatic heterocycles. The molecule has 0 aromatic heterocycles. The maximum Gasteiger partial charge on any atom is 0.326 e. The Morgan fingerprint density at radius 3 is 1.81 bits per heavy atom. The molecular weight excluding hydrogens is 476 g/mol. The first-order valence-electron chi connectivity index (χ1n) is 11.9. The van der Waals surface area contributed by atoms with Crippen LogP contribution < -0.4 is 27.4 Å². The largest absolute Gasteiger partial charge is 0.481 e. The second-order valence-corrected chi connectivity index (χ2v) is 8.47. The summed E-state index contributed by atoms with van der Waals surface area (Å²) < 4.78 is 0. The first-order valence-corrected chi connectivity index (χ1v) is 11.9. The van der Waals surface area contributed by atoms with Gasteiger partial charge in [0.15, 0.2) is 0 Å². The van der Waals surface area contributed by atoms with E-state index < -0.39 is 66.7 Å². The summed E-state index contributed by atoms with van der Waals surface area (Å²) in [5.41, 5.74) is 11.0. The minimum absolute atomic E-state index is 0.236. The van der Waals surface area contributed by atoms with Crippen molar-refractivity contribution >= 4 is 35.6 Å². The monoisotopic (exact) mass is 516 g/mol. The van der Waals surface area contributed by atoms with Crippen molar-refractivity contribution < 1.29 is 39.0 Å². The van der Waals surface area contributed by atoms with Gasteiger partial charge in [-0.15, -0.1) is 0 Å². The summed E-state index contributed by atoms with van der Waals surface area (Å²) in [5, 5.41) is 25.3. The van der Waals surface area contributed by atoms with E-state index in [-0.39, 0.29) is 12.8 Å². The predicted molar refractivity (Wildman–Crippen MR) is 129 cm³/mol. The van der Waals surface area contributed by atoms with Gasteiger partial charge < -0.3 is 42.5 Å². The molecule has 0 spiro atoms. The summed E-state index contributed by atoms with van der Waals surface area (Å²) in [4.78, 5) is 72.8. The number of carboxylic acids is 2. The number of rotatable bonds is 19. The van der Waals surface area contributed by atoms with Crippen LogP contribution in [0.25, 0.3) is 0 Å². The van der Waals surface area contributed by atoms with Gasteiger partial charge in [0.05, 0.1) is 6.54 Å². The zero-order valence-electron chi connectivity index (χ0n) is 21.0. The summed E-state index contributed by atoms with van der Waals surface area (Å²) in [5.74, 6) is -4.95. The molecule has 0 aliphatic rings. The molecule has 3 unspecified atom stereocenters. The van der Waals surface area contributed by atoms with Crippen LogP contribution in [0.15, 0.2) is 0 Å². The Bertz CT molecular complexity index is 763. The molecule has 0 radical (unpaired) electrons. The molecule has 0 aliphatic carbocycles. The summed E-state index contributed by atoms with van der Waals surface area (Å²) >= 11 is 0. The highest BCUT2D eigenvalue weighted by atomic mass is 16.4. The lowest BCUT2D eigenvalue weighted by atomic mass is 10.0. The van der Waals surface area contributed by atoms with Gasteiger partial charge in [0.1, 0.15) is 18.1 Å². The van der Waals surface area contributed by atoms with Crippen LogP contribution in [0.2, 0.25) is 0 Å². The maximum absolute atomic E-state index is 13.1. The minimum Gasteiger partial charge on any atom is -0.481 e. The van der Waals surface area contributed by atoms with E-state index in [0.717, 1.165) is 4.90 Å². The standard InChI is InChI=1S/C22H40N6O8/c1-14(29)25-15(7-3-5-11-23)20(33)27-16(8-4-6-12-24)21(34)28(2)13-18(30)26-17(22(35)36)9-10-19(31)32/h15-17H,3-13,23-24H2,1-2H3,(H,25,29)(H,26,30)(H,27,33)(H,31,32)(H,35,36). The first-order chi connectivity index (χ1) is 16.9. The lowest BCUT2D eigenvalue weighted by Gasteiger charge is -2.27. The lowest BCUT2D eigenvalue weighted by molar-refractivity contribution is -0.144. The minimum atomic E-state index is -1.43. The fourth-order valence-electron chi connectivity index (χ4n) is 3.35. The molecule has 4 amide bonds. The fourth-order valence-corrected chi connectivity index (χ4v) is 3.35. The number of likely N-dealkylation sites (N-methyl/N-ethyl adjacent to an activating group) is 1. The number of amides is 4. The SMILES string of the molecule is CC(=O)NC(CCCCN)C(=O)NC(CCCCN)C(=O)N(C)CC(=O)NC(CCC(=O)O)C(=O)O. The van der Waals surface area contributed by atoms with Crippen LogP contribution in [0.5, 0.6) is 0 Å². The molecule has 0 fully saturated rings. The predicted octanol–water partition coefficient (Wildman–Crippen LogP) is -1.87. The van der Waals surface area contributed by atoms with Crippen molar-refractivity contribution in [1.82, 2.24) is 20.9 Å². The van der Waals surface area contributed by atoms with Crippen LogP contribution >= 0.6 is 0 Å². The van der Waals surface area contributed by atoms with Gasteiger partial charge in [-0.2, -0.15) is 0 Å². The summed E-state index contributed by atoms with van der Waals surface area (Å²) in [6.07, 6.45) is 2.15. The quantitative estimate of drug-likeness (QED) is 0.0944.